The van der Waals surface area contributed by atoms with E-state index in [1.807, 2.05) is 61.7 Å². The van der Waals surface area contributed by atoms with Crippen LogP contribution in [0.25, 0.3) is 10.8 Å². The highest BCUT2D eigenvalue weighted by molar-refractivity contribution is 6.20. The smallest absolute Gasteiger partial charge is 0.258 e. The normalized spacial score (nSPS) is 14.4. The van der Waals surface area contributed by atoms with E-state index < -0.39 is 5.41 Å². The van der Waals surface area contributed by atoms with E-state index in [0.29, 0.717) is 68.3 Å². The van der Waals surface area contributed by atoms with E-state index in [2.05, 4.69) is 4.90 Å². The summed E-state index contributed by atoms with van der Waals surface area (Å²) in [4.78, 5) is 44.7. The van der Waals surface area contributed by atoms with Crippen molar-refractivity contribution in [2.45, 2.75) is 40.3 Å². The first kappa shape index (κ1) is 33.7. The quantitative estimate of drug-likeness (QED) is 0.152. The second-order valence-electron chi connectivity index (χ2n) is 11.7. The Labute approximate surface area is 269 Å². The lowest BCUT2D eigenvalue weighted by molar-refractivity contribution is -0.137. The lowest BCUT2D eigenvalue weighted by atomic mass is 9.90. The van der Waals surface area contributed by atoms with Crippen molar-refractivity contribution >= 4 is 46.4 Å². The molecule has 2 heterocycles. The van der Waals surface area contributed by atoms with Crippen LogP contribution in [0.2, 0.25) is 0 Å². The molecule has 10 heteroatoms. The molecule has 3 aromatic carbocycles. The van der Waals surface area contributed by atoms with E-state index in [-0.39, 0.29) is 35.6 Å². The third-order valence-corrected chi connectivity index (χ3v) is 8.26. The molecular formula is C35H40ClFN4O4. The van der Waals surface area contributed by atoms with E-state index >= 15 is 0 Å². The Hall–Kier alpha value is -4.21. The Morgan fingerprint density at radius 3 is 2.42 bits per heavy atom. The first-order valence-corrected chi connectivity index (χ1v) is 15.0. The maximum atomic E-state index is 13.9. The third-order valence-electron chi connectivity index (χ3n) is 8.26. The maximum Gasteiger partial charge on any atom is 0.258 e. The summed E-state index contributed by atoms with van der Waals surface area (Å²) >= 11 is 0. The number of carbonyl (C=O) groups excluding carboxylic acids is 2. The van der Waals surface area contributed by atoms with Gasteiger partial charge in [0.15, 0.2) is 0 Å². The van der Waals surface area contributed by atoms with E-state index in [9.17, 15) is 18.8 Å². The molecule has 1 aromatic heterocycles. The van der Waals surface area contributed by atoms with Crippen LogP contribution in [0, 0.1) is 11.2 Å². The van der Waals surface area contributed by atoms with Crippen molar-refractivity contribution in [2.24, 2.45) is 5.41 Å². The van der Waals surface area contributed by atoms with Crippen LogP contribution in [0.3, 0.4) is 0 Å². The van der Waals surface area contributed by atoms with Crippen molar-refractivity contribution in [3.63, 3.8) is 0 Å². The fourth-order valence-corrected chi connectivity index (χ4v) is 5.77. The van der Waals surface area contributed by atoms with Crippen molar-refractivity contribution in [1.82, 2.24) is 9.47 Å². The van der Waals surface area contributed by atoms with Crippen LogP contribution in [0.15, 0.2) is 83.8 Å². The topological polar surface area (TPSA) is 75.1 Å². The molecule has 0 atom stereocenters. The standard InChI is InChI=1S/C35H39FN4O4.ClH/c1-5-40-30-15-14-28(23-31(30)37(4)33(42)35(2,3)34(40)43)44-21-9-17-38(24-25-10-8-12-27(36)22-25)19-20-39-18-16-26-11-6-7-13-29(26)32(39)41;/h6-8,10-16,18,22-23H,5,9,17,19-21,24H2,1-4H3;1H. The van der Waals surface area contributed by atoms with Gasteiger partial charge in [-0.05, 0) is 74.5 Å². The fourth-order valence-electron chi connectivity index (χ4n) is 5.77. The van der Waals surface area contributed by atoms with Gasteiger partial charge < -0.3 is 19.1 Å². The van der Waals surface area contributed by atoms with E-state index in [1.54, 1.807) is 42.5 Å². The van der Waals surface area contributed by atoms with E-state index in [1.165, 1.54) is 17.0 Å². The van der Waals surface area contributed by atoms with Crippen molar-refractivity contribution < 1.29 is 18.7 Å². The minimum Gasteiger partial charge on any atom is -0.493 e. The minimum atomic E-state index is -1.17. The van der Waals surface area contributed by atoms with Crippen molar-refractivity contribution in [3.05, 3.63) is 101 Å². The van der Waals surface area contributed by atoms with E-state index in [0.717, 1.165) is 10.9 Å². The third kappa shape index (κ3) is 7.21. The molecule has 0 saturated carbocycles. The summed E-state index contributed by atoms with van der Waals surface area (Å²) in [5, 5.41) is 1.59. The maximum absolute atomic E-state index is 13.9. The Morgan fingerprint density at radius 2 is 1.67 bits per heavy atom. The van der Waals surface area contributed by atoms with Crippen LogP contribution in [-0.4, -0.2) is 54.6 Å². The van der Waals surface area contributed by atoms with Crippen LogP contribution in [0.1, 0.15) is 32.8 Å². The van der Waals surface area contributed by atoms with Gasteiger partial charge in [-0.1, -0.05) is 30.3 Å². The molecule has 1 aliphatic heterocycles. The summed E-state index contributed by atoms with van der Waals surface area (Å²) in [6.07, 6.45) is 2.50. The molecular weight excluding hydrogens is 595 g/mol. The predicted octanol–water partition coefficient (Wildman–Crippen LogP) is 5.89. The Bertz CT molecular complexity index is 1740. The first-order valence-electron chi connectivity index (χ1n) is 15.0. The zero-order valence-corrected chi connectivity index (χ0v) is 27.0. The second-order valence-corrected chi connectivity index (χ2v) is 11.7. The van der Waals surface area contributed by atoms with Gasteiger partial charge in [0.25, 0.3) is 5.56 Å². The number of halogens is 2. The number of hydrogen-bond donors (Lipinski definition) is 0. The van der Waals surface area contributed by atoms with Crippen LogP contribution >= 0.6 is 12.4 Å². The monoisotopic (exact) mass is 634 g/mol. The Kier molecular flexibility index (Phi) is 10.7. The summed E-state index contributed by atoms with van der Waals surface area (Å²) in [7, 11) is 1.68. The molecule has 0 aliphatic carbocycles. The molecule has 1 aliphatic rings. The molecule has 0 radical (unpaired) electrons. The van der Waals surface area contributed by atoms with Crippen LogP contribution in [-0.2, 0) is 22.7 Å². The summed E-state index contributed by atoms with van der Waals surface area (Å²) in [6, 6.07) is 21.5. The summed E-state index contributed by atoms with van der Waals surface area (Å²) in [6.45, 7) is 8.35. The molecule has 0 saturated heterocycles. The molecule has 8 nitrogen and oxygen atoms in total. The van der Waals surface area contributed by atoms with Gasteiger partial charge in [0.05, 0.1) is 18.0 Å². The van der Waals surface area contributed by atoms with Gasteiger partial charge in [0.2, 0.25) is 11.8 Å². The number of aromatic nitrogens is 1. The number of rotatable bonds is 11. The molecule has 0 N–H and O–H groups in total. The molecule has 0 unspecified atom stereocenters. The van der Waals surface area contributed by atoms with Crippen molar-refractivity contribution in [3.8, 4) is 5.75 Å². The number of amides is 2. The van der Waals surface area contributed by atoms with Gasteiger partial charge in [-0.15, -0.1) is 12.4 Å². The number of nitrogens with zero attached hydrogens (tertiary/aromatic N) is 4. The number of fused-ring (bicyclic) bond motifs is 2. The largest absolute Gasteiger partial charge is 0.493 e. The molecule has 238 valence electrons. The first-order chi connectivity index (χ1) is 21.1. The van der Waals surface area contributed by atoms with Gasteiger partial charge in [-0.2, -0.15) is 0 Å². The number of carbonyl (C=O) groups is 2. The highest BCUT2D eigenvalue weighted by atomic mass is 35.5. The number of anilines is 2. The van der Waals surface area contributed by atoms with Crippen molar-refractivity contribution in [2.75, 3.05) is 43.1 Å². The number of pyridine rings is 1. The van der Waals surface area contributed by atoms with E-state index in [4.69, 9.17) is 4.74 Å². The zero-order chi connectivity index (χ0) is 31.4. The number of hydrogen-bond acceptors (Lipinski definition) is 5. The Balaban J connectivity index is 0.00000461. The molecule has 5 rings (SSSR count). The molecule has 0 bridgehead atoms. The van der Waals surface area contributed by atoms with Gasteiger partial charge >= 0.3 is 0 Å². The lowest BCUT2D eigenvalue weighted by Gasteiger charge is -2.27. The molecule has 0 fully saturated rings. The summed E-state index contributed by atoms with van der Waals surface area (Å²) in [5.74, 6) is -0.176. The van der Waals surface area contributed by atoms with Crippen molar-refractivity contribution in [1.29, 1.82) is 0 Å². The van der Waals surface area contributed by atoms with Gasteiger partial charge in [0.1, 0.15) is 17.0 Å². The minimum absolute atomic E-state index is 0. The zero-order valence-electron chi connectivity index (χ0n) is 26.2. The lowest BCUT2D eigenvalue weighted by Crippen LogP contribution is -2.47. The summed E-state index contributed by atoms with van der Waals surface area (Å²) in [5.41, 5.74) is 0.954. The SMILES string of the molecule is CCN1C(=O)C(C)(C)C(=O)N(C)c2cc(OCCCN(CCn3ccc4ccccc4c3=O)Cc3cccc(F)c3)ccc21.Cl. The molecule has 2 amide bonds. The van der Waals surface area contributed by atoms with Crippen LogP contribution < -0.4 is 20.1 Å². The average Bonchev–Trinajstić information content (AvgIpc) is 3.07. The van der Waals surface area contributed by atoms with Gasteiger partial charge in [-0.3, -0.25) is 19.3 Å². The van der Waals surface area contributed by atoms with Gasteiger partial charge in [0, 0.05) is 57.4 Å². The Morgan fingerprint density at radius 1 is 0.889 bits per heavy atom. The van der Waals surface area contributed by atoms with Gasteiger partial charge in [-0.25, -0.2) is 4.39 Å². The number of ether oxygens (including phenoxy) is 1. The molecule has 0 spiro atoms. The van der Waals surface area contributed by atoms with Crippen LogP contribution in [0.4, 0.5) is 15.8 Å². The number of benzene rings is 3. The fraction of sp³-hybridized carbons (Fsp3) is 0.343. The average molecular weight is 635 g/mol. The second kappa shape index (κ2) is 14.3. The highest BCUT2D eigenvalue weighted by Gasteiger charge is 2.45. The molecule has 45 heavy (non-hydrogen) atoms. The molecule has 4 aromatic rings. The predicted molar refractivity (Wildman–Crippen MR) is 179 cm³/mol. The highest BCUT2D eigenvalue weighted by Crippen LogP contribution is 2.40. The summed E-state index contributed by atoms with van der Waals surface area (Å²) < 4.78 is 21.8. The van der Waals surface area contributed by atoms with Crippen LogP contribution in [0.5, 0.6) is 5.75 Å².